The Morgan fingerprint density at radius 1 is 1.00 bits per heavy atom. The second kappa shape index (κ2) is 9.42. The van der Waals surface area contributed by atoms with Crippen LogP contribution in [0.1, 0.15) is 25.5 Å². The zero-order chi connectivity index (χ0) is 22.5. The minimum Gasteiger partial charge on any atom is -0.454 e. The van der Waals surface area contributed by atoms with Crippen molar-refractivity contribution in [3.63, 3.8) is 0 Å². The number of benzene rings is 2. The molecule has 0 aliphatic heterocycles. The maximum absolute atomic E-state index is 12.7. The molecule has 0 N–H and O–H groups in total. The summed E-state index contributed by atoms with van der Waals surface area (Å²) in [5.74, 6) is -1.09. The summed E-state index contributed by atoms with van der Waals surface area (Å²) in [6, 6.07) is 15.9. The SMILES string of the molecule is CCn1c(=O)c2ccccc2n(CC(=O)OCC(=O)N(C)C(C)c2ccccc2)c1=O. The second-order valence-electron chi connectivity index (χ2n) is 7.19. The van der Waals surface area contributed by atoms with E-state index in [0.29, 0.717) is 10.9 Å². The molecule has 1 unspecified atom stereocenters. The van der Waals surface area contributed by atoms with Crippen LogP contribution in [-0.2, 0) is 27.4 Å². The van der Waals surface area contributed by atoms with Gasteiger partial charge in [0.25, 0.3) is 11.5 Å². The van der Waals surface area contributed by atoms with Gasteiger partial charge in [0.1, 0.15) is 6.54 Å². The first-order valence-electron chi connectivity index (χ1n) is 10.0. The predicted octanol–water partition coefficient (Wildman–Crippen LogP) is 1.95. The molecule has 31 heavy (non-hydrogen) atoms. The third kappa shape index (κ3) is 4.58. The van der Waals surface area contributed by atoms with Crippen molar-refractivity contribution >= 4 is 22.8 Å². The number of carbonyl (C=O) groups excluding carboxylic acids is 2. The highest BCUT2D eigenvalue weighted by Gasteiger charge is 2.20. The lowest BCUT2D eigenvalue weighted by Gasteiger charge is -2.25. The summed E-state index contributed by atoms with van der Waals surface area (Å²) >= 11 is 0. The zero-order valence-corrected chi connectivity index (χ0v) is 17.8. The Hall–Kier alpha value is -3.68. The number of esters is 1. The average molecular weight is 423 g/mol. The molecule has 0 fully saturated rings. The van der Waals surface area contributed by atoms with Gasteiger partial charge in [0, 0.05) is 13.6 Å². The van der Waals surface area contributed by atoms with Gasteiger partial charge in [-0.1, -0.05) is 42.5 Å². The van der Waals surface area contributed by atoms with Gasteiger partial charge in [0.2, 0.25) is 0 Å². The molecule has 0 saturated heterocycles. The molecule has 3 rings (SSSR count). The average Bonchev–Trinajstić information content (AvgIpc) is 2.80. The summed E-state index contributed by atoms with van der Waals surface area (Å²) < 4.78 is 7.41. The van der Waals surface area contributed by atoms with Crippen LogP contribution in [-0.4, -0.2) is 39.6 Å². The Morgan fingerprint density at radius 3 is 2.32 bits per heavy atom. The lowest BCUT2D eigenvalue weighted by atomic mass is 10.1. The van der Waals surface area contributed by atoms with Gasteiger partial charge >= 0.3 is 11.7 Å². The summed E-state index contributed by atoms with van der Waals surface area (Å²) in [4.78, 5) is 51.6. The van der Waals surface area contributed by atoms with Crippen LogP contribution >= 0.6 is 0 Å². The van der Waals surface area contributed by atoms with Crippen LogP contribution < -0.4 is 11.2 Å². The number of amides is 1. The molecule has 162 valence electrons. The lowest BCUT2D eigenvalue weighted by molar-refractivity contribution is -0.152. The Bertz CT molecular complexity index is 1210. The smallest absolute Gasteiger partial charge is 0.332 e. The van der Waals surface area contributed by atoms with Gasteiger partial charge in [0.15, 0.2) is 6.61 Å². The predicted molar refractivity (Wildman–Crippen MR) is 117 cm³/mol. The minimum absolute atomic E-state index is 0.179. The van der Waals surface area contributed by atoms with Crippen molar-refractivity contribution in [2.45, 2.75) is 33.0 Å². The number of aromatic nitrogens is 2. The van der Waals surface area contributed by atoms with Crippen LogP contribution in [0, 0.1) is 0 Å². The maximum Gasteiger partial charge on any atom is 0.332 e. The van der Waals surface area contributed by atoms with Gasteiger partial charge in [-0.3, -0.25) is 23.5 Å². The van der Waals surface area contributed by atoms with Crippen molar-refractivity contribution in [1.29, 1.82) is 0 Å². The van der Waals surface area contributed by atoms with Crippen molar-refractivity contribution < 1.29 is 14.3 Å². The van der Waals surface area contributed by atoms with Crippen LogP contribution in [0.2, 0.25) is 0 Å². The monoisotopic (exact) mass is 423 g/mol. The number of ether oxygens (including phenoxy) is 1. The van der Waals surface area contributed by atoms with E-state index in [-0.39, 0.29) is 18.5 Å². The van der Waals surface area contributed by atoms with Crippen molar-refractivity contribution in [3.05, 3.63) is 81.0 Å². The van der Waals surface area contributed by atoms with Crippen molar-refractivity contribution in [2.24, 2.45) is 0 Å². The molecule has 0 bridgehead atoms. The van der Waals surface area contributed by atoms with E-state index in [1.807, 2.05) is 37.3 Å². The summed E-state index contributed by atoms with van der Waals surface area (Å²) in [6.07, 6.45) is 0. The Kier molecular flexibility index (Phi) is 6.69. The van der Waals surface area contributed by atoms with Gasteiger partial charge in [-0.2, -0.15) is 0 Å². The molecule has 3 aromatic rings. The van der Waals surface area contributed by atoms with Crippen LogP contribution in [0.5, 0.6) is 0 Å². The van der Waals surface area contributed by atoms with Crippen LogP contribution in [0.15, 0.2) is 64.2 Å². The number of hydrogen-bond acceptors (Lipinski definition) is 5. The van der Waals surface area contributed by atoms with Crippen LogP contribution in [0.25, 0.3) is 10.9 Å². The zero-order valence-electron chi connectivity index (χ0n) is 17.8. The van der Waals surface area contributed by atoms with Gasteiger partial charge in [0.05, 0.1) is 16.9 Å². The maximum atomic E-state index is 12.7. The summed E-state index contributed by atoms with van der Waals surface area (Å²) in [6.45, 7) is 2.91. The van der Waals surface area contributed by atoms with Gasteiger partial charge in [-0.15, -0.1) is 0 Å². The summed E-state index contributed by atoms with van der Waals surface area (Å²) in [7, 11) is 1.64. The van der Waals surface area contributed by atoms with Crippen molar-refractivity contribution in [1.82, 2.24) is 14.0 Å². The molecular formula is C23H25N3O5. The van der Waals surface area contributed by atoms with E-state index in [0.717, 1.165) is 10.1 Å². The Morgan fingerprint density at radius 2 is 1.65 bits per heavy atom. The molecule has 1 amide bonds. The molecule has 1 atom stereocenters. The van der Waals surface area contributed by atoms with E-state index in [2.05, 4.69) is 0 Å². The molecule has 8 nitrogen and oxygen atoms in total. The highest BCUT2D eigenvalue weighted by Crippen LogP contribution is 2.18. The number of fused-ring (bicyclic) bond motifs is 1. The van der Waals surface area contributed by atoms with E-state index in [1.165, 1.54) is 9.47 Å². The molecule has 0 aliphatic rings. The highest BCUT2D eigenvalue weighted by atomic mass is 16.5. The summed E-state index contributed by atoms with van der Waals surface area (Å²) in [5, 5.41) is 0.337. The van der Waals surface area contributed by atoms with Crippen LogP contribution in [0.3, 0.4) is 0 Å². The van der Waals surface area contributed by atoms with E-state index in [9.17, 15) is 19.2 Å². The number of hydrogen-bond donors (Lipinski definition) is 0. The topological polar surface area (TPSA) is 90.6 Å². The lowest BCUT2D eigenvalue weighted by Crippen LogP contribution is -2.41. The molecular weight excluding hydrogens is 398 g/mol. The molecule has 8 heteroatoms. The quantitative estimate of drug-likeness (QED) is 0.542. The van der Waals surface area contributed by atoms with Gasteiger partial charge in [-0.25, -0.2) is 4.79 Å². The molecule has 0 aliphatic carbocycles. The third-order valence-corrected chi connectivity index (χ3v) is 5.35. The van der Waals surface area contributed by atoms with Crippen LogP contribution in [0.4, 0.5) is 0 Å². The summed E-state index contributed by atoms with van der Waals surface area (Å²) in [5.41, 5.74) is 0.313. The van der Waals surface area contributed by atoms with Crippen molar-refractivity contribution in [2.75, 3.05) is 13.7 Å². The fourth-order valence-corrected chi connectivity index (χ4v) is 3.39. The number of para-hydroxylation sites is 1. The minimum atomic E-state index is -0.734. The normalized spacial score (nSPS) is 11.8. The highest BCUT2D eigenvalue weighted by molar-refractivity contribution is 5.82. The number of carbonyl (C=O) groups is 2. The first-order valence-corrected chi connectivity index (χ1v) is 10.0. The molecule has 0 spiro atoms. The van der Waals surface area contributed by atoms with Crippen molar-refractivity contribution in [3.8, 4) is 0 Å². The third-order valence-electron chi connectivity index (χ3n) is 5.35. The van der Waals surface area contributed by atoms with E-state index < -0.39 is 30.4 Å². The standard InChI is InChI=1S/C23H25N3O5/c1-4-25-22(29)18-12-8-9-13-19(18)26(23(25)30)14-21(28)31-15-20(27)24(3)16(2)17-10-6-5-7-11-17/h5-13,16H,4,14-15H2,1-3H3. The van der Waals surface area contributed by atoms with Gasteiger partial charge < -0.3 is 9.64 Å². The fraction of sp³-hybridized carbons (Fsp3) is 0.304. The van der Waals surface area contributed by atoms with E-state index in [1.54, 1.807) is 38.2 Å². The van der Waals surface area contributed by atoms with Gasteiger partial charge in [-0.05, 0) is 31.5 Å². The fourth-order valence-electron chi connectivity index (χ4n) is 3.39. The molecule has 0 saturated carbocycles. The number of rotatable bonds is 7. The van der Waals surface area contributed by atoms with E-state index >= 15 is 0 Å². The number of likely N-dealkylation sites (N-methyl/N-ethyl adjacent to an activating group) is 1. The van der Waals surface area contributed by atoms with E-state index in [4.69, 9.17) is 4.74 Å². The Balaban J connectivity index is 1.73. The first kappa shape index (κ1) is 22.0. The largest absolute Gasteiger partial charge is 0.454 e. The molecule has 1 heterocycles. The Labute approximate surface area is 179 Å². The second-order valence-corrected chi connectivity index (χ2v) is 7.19. The molecule has 2 aromatic carbocycles. The number of nitrogens with zero attached hydrogens (tertiary/aromatic N) is 3. The molecule has 1 aromatic heterocycles. The molecule has 0 radical (unpaired) electrons. The first-order chi connectivity index (χ1) is 14.8.